The largest absolute Gasteiger partial charge is 0.468 e. The fraction of sp³-hybridized carbons (Fsp3) is 0.417. The fourth-order valence-electron chi connectivity index (χ4n) is 1.51. The van der Waals surface area contributed by atoms with Crippen molar-refractivity contribution in [2.75, 3.05) is 7.11 Å². The normalized spacial score (nSPS) is 13.3. The number of hydrogen-bond acceptors (Lipinski definition) is 4. The first kappa shape index (κ1) is 17.4. The van der Waals surface area contributed by atoms with Crippen LogP contribution in [0.25, 0.3) is 0 Å². The van der Waals surface area contributed by atoms with Gasteiger partial charge in [-0.05, 0) is 24.1 Å². The van der Waals surface area contributed by atoms with Crippen molar-refractivity contribution in [2.45, 2.75) is 24.8 Å². The molecule has 1 rings (SSSR count). The van der Waals surface area contributed by atoms with Crippen molar-refractivity contribution < 1.29 is 17.9 Å². The highest BCUT2D eigenvalue weighted by molar-refractivity contribution is 9.10. The van der Waals surface area contributed by atoms with Crippen LogP contribution in [0.5, 0.6) is 0 Å². The van der Waals surface area contributed by atoms with Crippen molar-refractivity contribution in [1.29, 1.82) is 0 Å². The zero-order valence-corrected chi connectivity index (χ0v) is 14.3. The van der Waals surface area contributed by atoms with E-state index in [9.17, 15) is 13.2 Å². The van der Waals surface area contributed by atoms with E-state index in [1.54, 1.807) is 19.9 Å². The van der Waals surface area contributed by atoms with Crippen LogP contribution in [-0.4, -0.2) is 27.5 Å². The molecule has 0 fully saturated rings. The van der Waals surface area contributed by atoms with Gasteiger partial charge in [-0.15, -0.1) is 0 Å². The van der Waals surface area contributed by atoms with E-state index in [1.807, 2.05) is 0 Å². The Kier molecular flexibility index (Phi) is 6.00. The van der Waals surface area contributed by atoms with Crippen LogP contribution in [0.1, 0.15) is 13.8 Å². The SMILES string of the molecule is COC(=O)[C@@H](NS(=O)(=O)c1ccc(Br)cc1Cl)C(C)C. The number of carbonyl (C=O) groups excluding carboxylic acids is 1. The maximum Gasteiger partial charge on any atom is 0.324 e. The van der Waals surface area contributed by atoms with E-state index < -0.39 is 22.0 Å². The van der Waals surface area contributed by atoms with Gasteiger partial charge in [-0.1, -0.05) is 41.4 Å². The molecule has 0 heterocycles. The molecule has 0 saturated heterocycles. The third-order valence-corrected chi connectivity index (χ3v) is 5.00. The Morgan fingerprint density at radius 1 is 1.40 bits per heavy atom. The standard InChI is InChI=1S/C12H15BrClNO4S/c1-7(2)11(12(16)19-3)15-20(17,18)10-5-4-8(13)6-9(10)14/h4-7,11,15H,1-3H3/t11-/m0/s1. The number of esters is 1. The fourth-order valence-corrected chi connectivity index (χ4v) is 3.88. The maximum absolute atomic E-state index is 12.3. The molecule has 1 aromatic rings. The van der Waals surface area contributed by atoms with E-state index in [-0.39, 0.29) is 15.8 Å². The Morgan fingerprint density at radius 2 is 2.00 bits per heavy atom. The molecule has 1 N–H and O–H groups in total. The molecule has 0 unspecified atom stereocenters. The van der Waals surface area contributed by atoms with Crippen molar-refractivity contribution >= 4 is 43.5 Å². The first-order chi connectivity index (χ1) is 9.19. The molecule has 0 bridgehead atoms. The van der Waals surface area contributed by atoms with E-state index in [1.165, 1.54) is 19.2 Å². The van der Waals surface area contributed by atoms with Crippen molar-refractivity contribution in [3.05, 3.63) is 27.7 Å². The van der Waals surface area contributed by atoms with Gasteiger partial charge in [0, 0.05) is 4.47 Å². The van der Waals surface area contributed by atoms with Crippen LogP contribution in [0, 0.1) is 5.92 Å². The van der Waals surface area contributed by atoms with E-state index in [0.29, 0.717) is 4.47 Å². The second-order valence-corrected chi connectivity index (χ2v) is 7.45. The third-order valence-electron chi connectivity index (χ3n) is 2.59. The second kappa shape index (κ2) is 6.89. The minimum absolute atomic E-state index is 0.0687. The number of methoxy groups -OCH3 is 1. The summed E-state index contributed by atoms with van der Waals surface area (Å²) in [6, 6.07) is 3.43. The van der Waals surface area contributed by atoms with Gasteiger partial charge < -0.3 is 4.74 Å². The highest BCUT2D eigenvalue weighted by Gasteiger charge is 2.30. The first-order valence-corrected chi connectivity index (χ1v) is 8.39. The van der Waals surface area contributed by atoms with Crippen LogP contribution < -0.4 is 4.72 Å². The predicted octanol–water partition coefficient (Wildman–Crippen LogP) is 2.58. The summed E-state index contributed by atoms with van der Waals surface area (Å²) >= 11 is 9.12. The molecule has 112 valence electrons. The number of halogens is 2. The lowest BCUT2D eigenvalue weighted by Crippen LogP contribution is -2.44. The van der Waals surface area contributed by atoms with Crippen LogP contribution in [0.3, 0.4) is 0 Å². The molecule has 0 radical (unpaired) electrons. The molecular weight excluding hydrogens is 370 g/mol. The van der Waals surface area contributed by atoms with Crippen molar-refractivity contribution in [3.63, 3.8) is 0 Å². The zero-order valence-electron chi connectivity index (χ0n) is 11.2. The summed E-state index contributed by atoms with van der Waals surface area (Å²) in [5.41, 5.74) is 0. The van der Waals surface area contributed by atoms with E-state index in [2.05, 4.69) is 25.4 Å². The highest BCUT2D eigenvalue weighted by Crippen LogP contribution is 2.25. The quantitative estimate of drug-likeness (QED) is 0.792. The molecule has 0 spiro atoms. The van der Waals surface area contributed by atoms with Gasteiger partial charge in [0.1, 0.15) is 10.9 Å². The molecule has 0 aromatic heterocycles. The molecule has 5 nitrogen and oxygen atoms in total. The Hall–Kier alpha value is -0.630. The smallest absolute Gasteiger partial charge is 0.324 e. The molecule has 0 saturated carbocycles. The molecule has 1 atom stereocenters. The molecule has 0 aliphatic heterocycles. The van der Waals surface area contributed by atoms with Gasteiger partial charge in [-0.3, -0.25) is 4.79 Å². The molecule has 1 aromatic carbocycles. The number of rotatable bonds is 5. The van der Waals surface area contributed by atoms with Gasteiger partial charge in [0.25, 0.3) is 0 Å². The van der Waals surface area contributed by atoms with Gasteiger partial charge in [-0.2, -0.15) is 4.72 Å². The van der Waals surface area contributed by atoms with E-state index >= 15 is 0 Å². The Balaban J connectivity index is 3.13. The number of carbonyl (C=O) groups is 1. The zero-order chi connectivity index (χ0) is 15.5. The van der Waals surface area contributed by atoms with E-state index in [4.69, 9.17) is 11.6 Å². The molecule has 8 heteroatoms. The average molecular weight is 385 g/mol. The monoisotopic (exact) mass is 383 g/mol. The minimum Gasteiger partial charge on any atom is -0.468 e. The molecule has 0 amide bonds. The summed E-state index contributed by atoms with van der Waals surface area (Å²) < 4.78 is 32.1. The molecular formula is C12H15BrClNO4S. The predicted molar refractivity (Wildman–Crippen MR) is 80.1 cm³/mol. The van der Waals surface area contributed by atoms with Gasteiger partial charge in [-0.25, -0.2) is 8.42 Å². The van der Waals surface area contributed by atoms with Crippen LogP contribution in [0.2, 0.25) is 5.02 Å². The number of nitrogens with one attached hydrogen (secondary N) is 1. The van der Waals surface area contributed by atoms with Crippen LogP contribution in [0.15, 0.2) is 27.6 Å². The molecule has 20 heavy (non-hydrogen) atoms. The Morgan fingerprint density at radius 3 is 2.45 bits per heavy atom. The van der Waals surface area contributed by atoms with Crippen molar-refractivity contribution in [1.82, 2.24) is 4.72 Å². The van der Waals surface area contributed by atoms with Gasteiger partial charge in [0.15, 0.2) is 0 Å². The van der Waals surface area contributed by atoms with Crippen LogP contribution in [-0.2, 0) is 19.6 Å². The number of hydrogen-bond donors (Lipinski definition) is 1. The maximum atomic E-state index is 12.3. The summed E-state index contributed by atoms with van der Waals surface area (Å²) in [6.07, 6.45) is 0. The summed E-state index contributed by atoms with van der Waals surface area (Å²) in [5, 5.41) is 0.0687. The summed E-state index contributed by atoms with van der Waals surface area (Å²) in [6.45, 7) is 3.43. The number of benzene rings is 1. The topological polar surface area (TPSA) is 72.5 Å². The van der Waals surface area contributed by atoms with Gasteiger partial charge >= 0.3 is 5.97 Å². The lowest BCUT2D eigenvalue weighted by Gasteiger charge is -2.20. The molecule has 0 aliphatic carbocycles. The minimum atomic E-state index is -3.91. The Labute approximate surface area is 131 Å². The average Bonchev–Trinajstić information content (AvgIpc) is 2.34. The lowest BCUT2D eigenvalue weighted by molar-refractivity contribution is -0.143. The lowest BCUT2D eigenvalue weighted by atomic mass is 10.1. The van der Waals surface area contributed by atoms with Crippen LogP contribution in [0.4, 0.5) is 0 Å². The first-order valence-electron chi connectivity index (χ1n) is 5.74. The van der Waals surface area contributed by atoms with Crippen molar-refractivity contribution in [2.24, 2.45) is 5.92 Å². The highest BCUT2D eigenvalue weighted by atomic mass is 79.9. The van der Waals surface area contributed by atoms with E-state index in [0.717, 1.165) is 0 Å². The molecule has 0 aliphatic rings. The van der Waals surface area contributed by atoms with Gasteiger partial charge in [0.05, 0.1) is 12.1 Å². The Bertz CT molecular complexity index is 603. The van der Waals surface area contributed by atoms with Gasteiger partial charge in [0.2, 0.25) is 10.0 Å². The summed E-state index contributed by atoms with van der Waals surface area (Å²) in [5.74, 6) is -0.900. The third kappa shape index (κ3) is 4.18. The summed E-state index contributed by atoms with van der Waals surface area (Å²) in [4.78, 5) is 11.5. The number of sulfonamides is 1. The second-order valence-electron chi connectivity index (χ2n) is 4.44. The van der Waals surface area contributed by atoms with Crippen LogP contribution >= 0.6 is 27.5 Å². The summed E-state index contributed by atoms with van der Waals surface area (Å²) in [7, 11) is -2.70. The number of ether oxygens (including phenoxy) is 1. The van der Waals surface area contributed by atoms with Crippen molar-refractivity contribution in [3.8, 4) is 0 Å².